The molecule has 28 heavy (non-hydrogen) atoms. The Morgan fingerprint density at radius 2 is 1.96 bits per heavy atom. The Hall–Kier alpha value is -1.57. The van der Waals surface area contributed by atoms with Crippen LogP contribution in [0.3, 0.4) is 0 Å². The van der Waals surface area contributed by atoms with Gasteiger partial charge in [0, 0.05) is 20.7 Å². The number of aliphatic carboxylic acids is 1. The monoisotopic (exact) mass is 479 g/mol. The van der Waals surface area contributed by atoms with Crippen LogP contribution in [-0.4, -0.2) is 17.0 Å². The normalized spacial score (nSPS) is 15.0. The minimum Gasteiger partial charge on any atom is -0.477 e. The first-order chi connectivity index (χ1) is 13.5. The molecule has 0 aliphatic heterocycles. The van der Waals surface area contributed by atoms with Crippen molar-refractivity contribution in [1.29, 1.82) is 0 Å². The lowest BCUT2D eigenvalue weighted by Gasteiger charge is -2.09. The van der Waals surface area contributed by atoms with Crippen molar-refractivity contribution in [2.45, 2.75) is 47.6 Å². The molecule has 0 unspecified atom stereocenters. The van der Waals surface area contributed by atoms with Gasteiger partial charge < -0.3 is 10.4 Å². The Kier molecular flexibility index (Phi) is 7.76. The maximum Gasteiger partial charge on any atom is 0.352 e. The molecule has 1 aromatic carbocycles. The van der Waals surface area contributed by atoms with E-state index >= 15 is 0 Å². The Morgan fingerprint density at radius 1 is 1.21 bits per heavy atom. The Bertz CT molecular complexity index is 872. The van der Waals surface area contributed by atoms with E-state index < -0.39 is 5.97 Å². The summed E-state index contributed by atoms with van der Waals surface area (Å²) < 4.78 is 2.07. The topological polar surface area (TPSA) is 66.4 Å². The maximum atomic E-state index is 12.2. The van der Waals surface area contributed by atoms with Gasteiger partial charge in [-0.3, -0.25) is 4.79 Å². The molecule has 7 heteroatoms. The number of hydrogen-bond acceptors (Lipinski definition) is 4. The van der Waals surface area contributed by atoms with E-state index in [1.165, 1.54) is 43.1 Å². The summed E-state index contributed by atoms with van der Waals surface area (Å²) >= 11 is 6.64. The lowest BCUT2D eigenvalue weighted by Crippen LogP contribution is -2.27. The number of carboxylic acid groups (broad SMARTS) is 1. The van der Waals surface area contributed by atoms with Crippen LogP contribution in [-0.2, 0) is 9.59 Å². The van der Waals surface area contributed by atoms with E-state index in [4.69, 9.17) is 0 Å². The zero-order valence-corrected chi connectivity index (χ0v) is 18.5. The number of thiophene rings is 1. The van der Waals surface area contributed by atoms with Gasteiger partial charge in [0.15, 0.2) is 0 Å². The van der Waals surface area contributed by atoms with E-state index in [1.54, 1.807) is 11.8 Å². The molecule has 1 amide bonds. The van der Waals surface area contributed by atoms with E-state index in [2.05, 4.69) is 21.2 Å². The molecule has 3 rings (SSSR count). The molecule has 0 radical (unpaired) electrons. The Balaban J connectivity index is 1.62. The summed E-state index contributed by atoms with van der Waals surface area (Å²) in [5.74, 6) is -0.736. The Morgan fingerprint density at radius 3 is 2.68 bits per heavy atom. The predicted molar refractivity (Wildman–Crippen MR) is 118 cm³/mol. The molecule has 2 N–H and O–H groups in total. The van der Waals surface area contributed by atoms with Gasteiger partial charge in [0.05, 0.1) is 4.21 Å². The largest absolute Gasteiger partial charge is 0.477 e. The van der Waals surface area contributed by atoms with Gasteiger partial charge >= 0.3 is 5.97 Å². The molecule has 0 atom stereocenters. The molecule has 2 aromatic rings. The summed E-state index contributed by atoms with van der Waals surface area (Å²) in [5, 5.41) is 12.0. The quantitative estimate of drug-likeness (QED) is 0.443. The highest BCUT2D eigenvalue weighted by molar-refractivity contribution is 9.10. The van der Waals surface area contributed by atoms with Gasteiger partial charge in [-0.15, -0.1) is 11.3 Å². The molecular formula is C21H22BrNO3S2. The van der Waals surface area contributed by atoms with Crippen molar-refractivity contribution in [3.63, 3.8) is 0 Å². The number of halogens is 1. The highest BCUT2D eigenvalue weighted by Crippen LogP contribution is 2.37. The first-order valence-electron chi connectivity index (χ1n) is 9.28. The zero-order valence-electron chi connectivity index (χ0n) is 15.3. The summed E-state index contributed by atoms with van der Waals surface area (Å²) in [6.07, 6.45) is 7.59. The second-order valence-corrected chi connectivity index (χ2v) is 10.1. The third-order valence-electron chi connectivity index (χ3n) is 4.69. The number of carbonyl (C=O) groups excluding carboxylic acids is 1. The third kappa shape index (κ3) is 6.22. The van der Waals surface area contributed by atoms with Gasteiger partial charge in [-0.05, 0) is 58.6 Å². The molecule has 148 valence electrons. The number of hydrogen-bond donors (Lipinski definition) is 2. The van der Waals surface area contributed by atoms with Crippen molar-refractivity contribution in [3.8, 4) is 0 Å². The van der Waals surface area contributed by atoms with Crippen molar-refractivity contribution >= 4 is 57.0 Å². The fourth-order valence-corrected chi connectivity index (χ4v) is 5.84. The summed E-state index contributed by atoms with van der Waals surface area (Å²) in [5.41, 5.74) is -0.0734. The van der Waals surface area contributed by atoms with Gasteiger partial charge in [-0.1, -0.05) is 49.6 Å². The molecule has 1 saturated carbocycles. The second-order valence-electron chi connectivity index (χ2n) is 6.79. The van der Waals surface area contributed by atoms with Crippen LogP contribution >= 0.6 is 39.0 Å². The first-order valence-corrected chi connectivity index (χ1v) is 11.7. The van der Waals surface area contributed by atoms with Crippen LogP contribution in [0.2, 0.25) is 0 Å². The van der Waals surface area contributed by atoms with Gasteiger partial charge in [0.1, 0.15) is 5.70 Å². The molecule has 1 aliphatic rings. The predicted octanol–water partition coefficient (Wildman–Crippen LogP) is 6.17. The highest BCUT2D eigenvalue weighted by atomic mass is 79.9. The van der Waals surface area contributed by atoms with Crippen molar-refractivity contribution in [2.75, 3.05) is 0 Å². The van der Waals surface area contributed by atoms with Gasteiger partial charge in [-0.2, -0.15) is 0 Å². The van der Waals surface area contributed by atoms with Crippen LogP contribution in [0.1, 0.15) is 43.4 Å². The second kappa shape index (κ2) is 10.3. The number of rotatable bonds is 8. The number of benzene rings is 1. The number of carboxylic acids is 1. The Labute approximate surface area is 181 Å². The van der Waals surface area contributed by atoms with Gasteiger partial charge in [0.2, 0.25) is 5.91 Å². The molecule has 0 saturated heterocycles. The summed E-state index contributed by atoms with van der Waals surface area (Å²) in [7, 11) is 0. The maximum absolute atomic E-state index is 12.2. The van der Waals surface area contributed by atoms with E-state index in [-0.39, 0.29) is 11.6 Å². The van der Waals surface area contributed by atoms with Crippen LogP contribution in [0.15, 0.2) is 55.7 Å². The smallest absolute Gasteiger partial charge is 0.352 e. The van der Waals surface area contributed by atoms with Crippen LogP contribution in [0, 0.1) is 5.92 Å². The molecule has 1 aromatic heterocycles. The van der Waals surface area contributed by atoms with Crippen LogP contribution < -0.4 is 5.32 Å². The molecular weight excluding hydrogens is 458 g/mol. The van der Waals surface area contributed by atoms with E-state index in [1.807, 2.05) is 36.4 Å². The van der Waals surface area contributed by atoms with Crippen molar-refractivity contribution in [3.05, 3.63) is 51.4 Å². The van der Waals surface area contributed by atoms with E-state index in [0.717, 1.165) is 24.9 Å². The first kappa shape index (κ1) is 21.1. The van der Waals surface area contributed by atoms with Crippen molar-refractivity contribution < 1.29 is 14.7 Å². The van der Waals surface area contributed by atoms with Crippen LogP contribution in [0.25, 0.3) is 6.08 Å². The summed E-state index contributed by atoms with van der Waals surface area (Å²) in [4.78, 5) is 25.6. The molecule has 4 nitrogen and oxygen atoms in total. The highest BCUT2D eigenvalue weighted by Gasteiger charge is 2.18. The minimum atomic E-state index is -1.12. The van der Waals surface area contributed by atoms with Gasteiger partial charge in [-0.25, -0.2) is 4.79 Å². The number of amides is 1. The van der Waals surface area contributed by atoms with Crippen LogP contribution in [0.4, 0.5) is 0 Å². The average molecular weight is 480 g/mol. The molecule has 1 aliphatic carbocycles. The molecule has 0 bridgehead atoms. The van der Waals surface area contributed by atoms with E-state index in [9.17, 15) is 14.7 Å². The fraction of sp³-hybridized carbons (Fsp3) is 0.333. The van der Waals surface area contributed by atoms with E-state index in [0.29, 0.717) is 12.3 Å². The number of carbonyl (C=O) groups is 2. The summed E-state index contributed by atoms with van der Waals surface area (Å²) in [6.45, 7) is 0. The van der Waals surface area contributed by atoms with Crippen LogP contribution in [0.5, 0.6) is 0 Å². The molecule has 0 spiro atoms. The lowest BCUT2D eigenvalue weighted by molar-refractivity contribution is -0.134. The summed E-state index contributed by atoms with van der Waals surface area (Å²) in [6, 6.07) is 11.8. The third-order valence-corrected chi connectivity index (χ3v) is 7.89. The fourth-order valence-electron chi connectivity index (χ4n) is 3.24. The molecule has 1 fully saturated rings. The van der Waals surface area contributed by atoms with Crippen molar-refractivity contribution in [1.82, 2.24) is 5.32 Å². The lowest BCUT2D eigenvalue weighted by atomic mass is 10.0. The van der Waals surface area contributed by atoms with Crippen molar-refractivity contribution in [2.24, 2.45) is 5.92 Å². The standard InChI is InChI=1S/C21H22BrNO3S2/c22-16-7-3-4-8-18(16)28-20-12-10-15(27-20)13-17(21(25)26)23-19(24)11-9-14-5-1-2-6-14/h3-4,7-8,10,12-14H,1-2,5-6,9,11H2,(H,23,24)(H,25,26)/b17-13+. The SMILES string of the molecule is O=C(CCC1CCCC1)N/C(=C/c1ccc(Sc2ccccc2Br)s1)C(=O)O. The zero-order chi connectivity index (χ0) is 19.9. The molecule has 1 heterocycles. The number of nitrogens with one attached hydrogen (secondary N) is 1. The van der Waals surface area contributed by atoms with Gasteiger partial charge in [0.25, 0.3) is 0 Å². The average Bonchev–Trinajstić information content (AvgIpc) is 3.33. The minimum absolute atomic E-state index is 0.0734.